The van der Waals surface area contributed by atoms with Crippen LogP contribution in [0.15, 0.2) is 47.4 Å². The zero-order valence-electron chi connectivity index (χ0n) is 12.7. The number of hydrogen-bond donors (Lipinski definition) is 1. The van der Waals surface area contributed by atoms with Gasteiger partial charge < -0.3 is 5.11 Å². The van der Waals surface area contributed by atoms with Crippen molar-refractivity contribution in [3.63, 3.8) is 0 Å². The molecular weight excluding hydrogens is 387 g/mol. The van der Waals surface area contributed by atoms with Gasteiger partial charge in [0.2, 0.25) is 0 Å². The monoisotopic (exact) mass is 398 g/mol. The van der Waals surface area contributed by atoms with Crippen molar-refractivity contribution in [1.29, 1.82) is 5.26 Å². The summed E-state index contributed by atoms with van der Waals surface area (Å²) in [6.07, 6.45) is -0.0574. The number of benzene rings is 2. The van der Waals surface area contributed by atoms with Crippen LogP contribution in [0.4, 0.5) is 5.69 Å². The van der Waals surface area contributed by atoms with Crippen molar-refractivity contribution >= 4 is 44.9 Å². The standard InChI is InChI=1S/C16H12Cl2N2O4S/c17-12-3-5-13(6-4-12)20(9-1-8-19)25(23,24)15-10-11(16(21)22)2-7-14(15)18/h2-7,10H,1,9H2,(H,21,22). The van der Waals surface area contributed by atoms with Gasteiger partial charge in [-0.2, -0.15) is 5.26 Å². The van der Waals surface area contributed by atoms with E-state index in [0.29, 0.717) is 5.02 Å². The van der Waals surface area contributed by atoms with E-state index < -0.39 is 16.0 Å². The van der Waals surface area contributed by atoms with Crippen LogP contribution in [0.25, 0.3) is 0 Å². The van der Waals surface area contributed by atoms with E-state index in [1.165, 1.54) is 36.4 Å². The lowest BCUT2D eigenvalue weighted by Gasteiger charge is -2.24. The Bertz CT molecular complexity index is 938. The largest absolute Gasteiger partial charge is 0.478 e. The first-order valence-corrected chi connectivity index (χ1v) is 9.15. The number of carboxylic acid groups (broad SMARTS) is 1. The molecule has 0 aromatic heterocycles. The van der Waals surface area contributed by atoms with Crippen molar-refractivity contribution in [3.8, 4) is 6.07 Å². The van der Waals surface area contributed by atoms with Gasteiger partial charge in [-0.3, -0.25) is 4.31 Å². The summed E-state index contributed by atoms with van der Waals surface area (Å²) in [6.45, 7) is -0.117. The average Bonchev–Trinajstić information content (AvgIpc) is 2.56. The molecule has 0 fully saturated rings. The van der Waals surface area contributed by atoms with Crippen molar-refractivity contribution < 1.29 is 18.3 Å². The van der Waals surface area contributed by atoms with Crippen LogP contribution in [0.3, 0.4) is 0 Å². The van der Waals surface area contributed by atoms with Crippen molar-refractivity contribution in [3.05, 3.63) is 58.1 Å². The average molecular weight is 399 g/mol. The Labute approximate surface area is 154 Å². The van der Waals surface area contributed by atoms with Gasteiger partial charge in [-0.1, -0.05) is 23.2 Å². The minimum Gasteiger partial charge on any atom is -0.478 e. The molecule has 0 spiro atoms. The first-order valence-electron chi connectivity index (χ1n) is 6.95. The molecular formula is C16H12Cl2N2O4S. The van der Waals surface area contributed by atoms with Crippen molar-refractivity contribution in [1.82, 2.24) is 0 Å². The first-order chi connectivity index (χ1) is 11.8. The lowest BCUT2D eigenvalue weighted by molar-refractivity contribution is 0.0696. The lowest BCUT2D eigenvalue weighted by atomic mass is 10.2. The highest BCUT2D eigenvalue weighted by molar-refractivity contribution is 7.93. The highest BCUT2D eigenvalue weighted by Gasteiger charge is 2.28. The molecule has 0 aliphatic carbocycles. The van der Waals surface area contributed by atoms with Crippen molar-refractivity contribution in [2.75, 3.05) is 10.8 Å². The lowest BCUT2D eigenvalue weighted by Crippen LogP contribution is -2.32. The smallest absolute Gasteiger partial charge is 0.335 e. The number of carboxylic acids is 1. The van der Waals surface area contributed by atoms with E-state index in [2.05, 4.69) is 0 Å². The van der Waals surface area contributed by atoms with Gasteiger partial charge in [-0.05, 0) is 42.5 Å². The maximum atomic E-state index is 13.0. The summed E-state index contributed by atoms with van der Waals surface area (Å²) in [5.41, 5.74) is 0.0794. The topological polar surface area (TPSA) is 98.5 Å². The summed E-state index contributed by atoms with van der Waals surface area (Å²) in [4.78, 5) is 10.8. The third-order valence-electron chi connectivity index (χ3n) is 3.29. The maximum Gasteiger partial charge on any atom is 0.335 e. The van der Waals surface area contributed by atoms with E-state index in [0.717, 1.165) is 10.4 Å². The van der Waals surface area contributed by atoms with Gasteiger partial charge in [0.1, 0.15) is 4.90 Å². The van der Waals surface area contributed by atoms with Gasteiger partial charge in [0.05, 0.1) is 28.8 Å². The number of sulfonamides is 1. The number of rotatable bonds is 6. The van der Waals surface area contributed by atoms with Crippen LogP contribution in [0.2, 0.25) is 10.0 Å². The van der Waals surface area contributed by atoms with Gasteiger partial charge in [-0.15, -0.1) is 0 Å². The van der Waals surface area contributed by atoms with Gasteiger partial charge >= 0.3 is 5.97 Å². The fourth-order valence-electron chi connectivity index (χ4n) is 2.10. The molecule has 2 rings (SSSR count). The van der Waals surface area contributed by atoms with Crippen LogP contribution in [0.5, 0.6) is 0 Å². The van der Waals surface area contributed by atoms with Gasteiger partial charge in [0.15, 0.2) is 0 Å². The van der Waals surface area contributed by atoms with Crippen LogP contribution in [-0.4, -0.2) is 26.0 Å². The number of nitrogens with zero attached hydrogens (tertiary/aromatic N) is 2. The number of hydrogen-bond acceptors (Lipinski definition) is 4. The Hall–Kier alpha value is -2.27. The minimum atomic E-state index is -4.18. The molecule has 130 valence electrons. The zero-order chi connectivity index (χ0) is 18.6. The van der Waals surface area contributed by atoms with Crippen molar-refractivity contribution in [2.45, 2.75) is 11.3 Å². The molecule has 0 bridgehead atoms. The second kappa shape index (κ2) is 7.74. The van der Waals surface area contributed by atoms with Crippen LogP contribution in [-0.2, 0) is 10.0 Å². The van der Waals surface area contributed by atoms with Crippen LogP contribution < -0.4 is 4.31 Å². The molecule has 0 amide bonds. The predicted molar refractivity (Wildman–Crippen MR) is 94.6 cm³/mol. The molecule has 6 nitrogen and oxygen atoms in total. The number of carbonyl (C=O) groups is 1. The second-order valence-corrected chi connectivity index (χ2v) is 7.59. The maximum absolute atomic E-state index is 13.0. The predicted octanol–water partition coefficient (Wildman–Crippen LogP) is 3.80. The van der Waals surface area contributed by atoms with Gasteiger partial charge in [0, 0.05) is 11.6 Å². The fourth-order valence-corrected chi connectivity index (χ4v) is 4.19. The van der Waals surface area contributed by atoms with E-state index in [1.807, 2.05) is 6.07 Å². The highest BCUT2D eigenvalue weighted by Crippen LogP contribution is 2.30. The molecule has 2 aromatic carbocycles. The summed E-state index contributed by atoms with van der Waals surface area (Å²) in [7, 11) is -4.18. The number of halogens is 2. The number of aromatic carboxylic acids is 1. The molecule has 25 heavy (non-hydrogen) atoms. The molecule has 0 atom stereocenters. The third kappa shape index (κ3) is 4.23. The normalized spacial score (nSPS) is 10.9. The summed E-state index contributed by atoms with van der Waals surface area (Å²) in [5.74, 6) is -1.27. The zero-order valence-corrected chi connectivity index (χ0v) is 15.0. The molecule has 0 radical (unpaired) electrons. The highest BCUT2D eigenvalue weighted by atomic mass is 35.5. The van der Waals surface area contributed by atoms with Crippen molar-refractivity contribution in [2.24, 2.45) is 0 Å². The fraction of sp³-hybridized carbons (Fsp3) is 0.125. The summed E-state index contributed by atoms with van der Waals surface area (Å²) >= 11 is 11.8. The Morgan fingerprint density at radius 1 is 1.16 bits per heavy atom. The Morgan fingerprint density at radius 3 is 2.36 bits per heavy atom. The first kappa shape index (κ1) is 19.1. The Balaban J connectivity index is 2.59. The quantitative estimate of drug-likeness (QED) is 0.797. The summed E-state index contributed by atoms with van der Waals surface area (Å²) in [5, 5.41) is 18.2. The molecule has 1 N–H and O–H groups in total. The Morgan fingerprint density at radius 2 is 1.80 bits per heavy atom. The Kier molecular flexibility index (Phi) is 5.90. The molecule has 0 aliphatic rings. The summed E-state index contributed by atoms with van der Waals surface area (Å²) < 4.78 is 27.1. The molecule has 0 saturated heterocycles. The number of anilines is 1. The third-order valence-corrected chi connectivity index (χ3v) is 5.85. The number of nitriles is 1. The second-order valence-electron chi connectivity index (χ2n) is 4.91. The molecule has 0 heterocycles. The summed E-state index contributed by atoms with van der Waals surface area (Å²) in [6, 6.07) is 11.3. The van der Waals surface area contributed by atoms with E-state index in [-0.39, 0.29) is 34.1 Å². The van der Waals surface area contributed by atoms with Gasteiger partial charge in [-0.25, -0.2) is 13.2 Å². The van der Waals surface area contributed by atoms with Crippen LogP contribution in [0.1, 0.15) is 16.8 Å². The molecule has 0 aliphatic heterocycles. The molecule has 0 saturated carbocycles. The van der Waals surface area contributed by atoms with E-state index in [9.17, 15) is 13.2 Å². The molecule has 9 heteroatoms. The van der Waals surface area contributed by atoms with E-state index >= 15 is 0 Å². The van der Waals surface area contributed by atoms with Crippen LogP contribution in [0, 0.1) is 11.3 Å². The SMILES string of the molecule is N#CCCN(c1ccc(Cl)cc1)S(=O)(=O)c1cc(C(=O)O)ccc1Cl. The molecule has 0 unspecified atom stereocenters. The minimum absolute atomic E-state index is 0.0574. The van der Waals surface area contributed by atoms with E-state index in [1.54, 1.807) is 0 Å². The molecule has 2 aromatic rings. The van der Waals surface area contributed by atoms with Gasteiger partial charge in [0.25, 0.3) is 10.0 Å². The van der Waals surface area contributed by atoms with E-state index in [4.69, 9.17) is 33.6 Å². The van der Waals surface area contributed by atoms with Crippen LogP contribution >= 0.6 is 23.2 Å².